The third-order valence-corrected chi connectivity index (χ3v) is 5.77. The molecular weight excluding hydrogens is 457 g/mol. The first kappa shape index (κ1) is 21.4. The molecule has 0 fully saturated rings. The summed E-state index contributed by atoms with van der Waals surface area (Å²) in [5, 5.41) is 6.96. The number of pyridine rings is 1. The maximum atomic E-state index is 13.0. The fraction of sp³-hybridized carbons (Fsp3) is 0.0417. The molecule has 1 N–H and O–H groups in total. The van der Waals surface area contributed by atoms with E-state index in [0.29, 0.717) is 32.3 Å². The van der Waals surface area contributed by atoms with Crippen molar-refractivity contribution in [2.75, 3.05) is 11.9 Å². The molecule has 0 spiro atoms. The molecule has 0 saturated carbocycles. The second-order valence-electron chi connectivity index (χ2n) is 7.16. The topological polar surface area (TPSA) is 98.5 Å². The van der Waals surface area contributed by atoms with Crippen molar-refractivity contribution >= 4 is 34.0 Å². The monoisotopic (exact) mass is 473 g/mol. The van der Waals surface area contributed by atoms with Gasteiger partial charge in [0.25, 0.3) is 11.5 Å². The van der Waals surface area contributed by atoms with Crippen LogP contribution in [0.5, 0.6) is 5.75 Å². The van der Waals surface area contributed by atoms with Gasteiger partial charge in [-0.15, -0.1) is 5.10 Å². The van der Waals surface area contributed by atoms with Crippen LogP contribution in [0, 0.1) is 5.82 Å². The normalized spacial score (nSPS) is 11.6. The molecule has 3 heterocycles. The lowest BCUT2D eigenvalue weighted by Crippen LogP contribution is -2.24. The Hall–Kier alpha value is -4.44. The molecule has 168 valence electrons. The number of carbonyl (C=O) groups is 1. The lowest BCUT2D eigenvalue weighted by molar-refractivity contribution is -0.118. The number of aromatic nitrogens is 4. The summed E-state index contributed by atoms with van der Waals surface area (Å²) >= 11 is 1.21. The number of nitrogens with zero attached hydrogens (tertiary/aromatic N) is 4. The van der Waals surface area contributed by atoms with Gasteiger partial charge in [0.1, 0.15) is 11.6 Å². The molecule has 8 nitrogen and oxygen atoms in total. The molecule has 10 heteroatoms. The van der Waals surface area contributed by atoms with Crippen molar-refractivity contribution in [2.24, 2.45) is 0 Å². The number of hydrogen-bond donors (Lipinski definition) is 1. The summed E-state index contributed by atoms with van der Waals surface area (Å²) in [6, 6.07) is 16.1. The highest BCUT2D eigenvalue weighted by Gasteiger charge is 2.13. The van der Waals surface area contributed by atoms with Crippen molar-refractivity contribution in [3.05, 3.63) is 99.3 Å². The van der Waals surface area contributed by atoms with E-state index in [-0.39, 0.29) is 18.0 Å². The van der Waals surface area contributed by atoms with E-state index in [0.717, 1.165) is 5.56 Å². The van der Waals surface area contributed by atoms with Gasteiger partial charge in [0, 0.05) is 29.2 Å². The zero-order valence-corrected chi connectivity index (χ0v) is 18.3. The van der Waals surface area contributed by atoms with Crippen LogP contribution in [0.3, 0.4) is 0 Å². The number of ether oxygens (including phenoxy) is 1. The van der Waals surface area contributed by atoms with Gasteiger partial charge < -0.3 is 10.1 Å². The molecule has 0 aliphatic heterocycles. The molecule has 3 aromatic heterocycles. The summed E-state index contributed by atoms with van der Waals surface area (Å²) < 4.78 is 20.4. The average Bonchev–Trinajstić information content (AvgIpc) is 3.40. The molecule has 5 aromatic rings. The Balaban J connectivity index is 1.36. The van der Waals surface area contributed by atoms with Crippen LogP contribution in [0.4, 0.5) is 10.1 Å². The SMILES string of the molecule is O=C(COc1ccccc1/C=c1\sc2nc(-c3ccncc3)nn2c1=O)Nc1ccc(F)cc1. The molecule has 34 heavy (non-hydrogen) atoms. The molecule has 5 rings (SSSR count). The molecule has 0 saturated heterocycles. The first-order valence-electron chi connectivity index (χ1n) is 10.2. The Labute approximate surface area is 196 Å². The Morgan fingerprint density at radius 3 is 2.62 bits per heavy atom. The number of rotatable bonds is 6. The summed E-state index contributed by atoms with van der Waals surface area (Å²) in [5.41, 5.74) is 1.57. The zero-order chi connectivity index (χ0) is 23.5. The maximum Gasteiger partial charge on any atom is 0.291 e. The van der Waals surface area contributed by atoms with E-state index in [1.54, 1.807) is 54.9 Å². The summed E-state index contributed by atoms with van der Waals surface area (Å²) in [4.78, 5) is 34.0. The van der Waals surface area contributed by atoms with E-state index in [2.05, 4.69) is 20.4 Å². The second-order valence-corrected chi connectivity index (χ2v) is 8.17. The van der Waals surface area contributed by atoms with Crippen LogP contribution in [-0.4, -0.2) is 32.1 Å². The minimum atomic E-state index is -0.395. The van der Waals surface area contributed by atoms with Crippen molar-refractivity contribution in [1.82, 2.24) is 19.6 Å². The number of thiazole rings is 1. The Morgan fingerprint density at radius 2 is 1.85 bits per heavy atom. The molecular formula is C24H16FN5O3S. The summed E-state index contributed by atoms with van der Waals surface area (Å²) in [5.74, 6) is 0.107. The fourth-order valence-electron chi connectivity index (χ4n) is 3.20. The van der Waals surface area contributed by atoms with Gasteiger partial charge in [-0.1, -0.05) is 29.5 Å². The number of hydrogen-bond acceptors (Lipinski definition) is 7. The van der Waals surface area contributed by atoms with E-state index in [9.17, 15) is 14.0 Å². The Kier molecular flexibility index (Phi) is 5.79. The third kappa shape index (κ3) is 4.52. The summed E-state index contributed by atoms with van der Waals surface area (Å²) in [6.07, 6.45) is 4.96. The molecule has 0 atom stereocenters. The van der Waals surface area contributed by atoms with E-state index in [4.69, 9.17) is 4.74 Å². The number of para-hydroxylation sites is 1. The van der Waals surface area contributed by atoms with Crippen molar-refractivity contribution in [2.45, 2.75) is 0 Å². The van der Waals surface area contributed by atoms with Crippen LogP contribution >= 0.6 is 11.3 Å². The number of halogens is 1. The predicted octanol–water partition coefficient (Wildman–Crippen LogP) is 2.92. The van der Waals surface area contributed by atoms with E-state index in [1.165, 1.54) is 40.1 Å². The smallest absolute Gasteiger partial charge is 0.291 e. The number of benzene rings is 2. The molecule has 0 radical (unpaired) electrons. The van der Waals surface area contributed by atoms with Gasteiger partial charge in [0.05, 0.1) is 4.53 Å². The maximum absolute atomic E-state index is 13.0. The highest BCUT2D eigenvalue weighted by molar-refractivity contribution is 7.15. The lowest BCUT2D eigenvalue weighted by atomic mass is 10.2. The number of carbonyl (C=O) groups excluding carboxylic acids is 1. The van der Waals surface area contributed by atoms with Crippen molar-refractivity contribution in [3.8, 4) is 17.1 Å². The molecule has 2 aromatic carbocycles. The van der Waals surface area contributed by atoms with Gasteiger partial charge >= 0.3 is 0 Å². The van der Waals surface area contributed by atoms with E-state index < -0.39 is 5.91 Å². The highest BCUT2D eigenvalue weighted by Crippen LogP contribution is 2.20. The van der Waals surface area contributed by atoms with Crippen LogP contribution < -0.4 is 20.1 Å². The van der Waals surface area contributed by atoms with E-state index >= 15 is 0 Å². The predicted molar refractivity (Wildman–Crippen MR) is 126 cm³/mol. The second kappa shape index (κ2) is 9.20. The summed E-state index contributed by atoms with van der Waals surface area (Å²) in [7, 11) is 0. The first-order chi connectivity index (χ1) is 16.6. The van der Waals surface area contributed by atoms with Crippen molar-refractivity contribution in [3.63, 3.8) is 0 Å². The number of amides is 1. The zero-order valence-electron chi connectivity index (χ0n) is 17.5. The van der Waals surface area contributed by atoms with Crippen LogP contribution in [0.25, 0.3) is 22.4 Å². The summed E-state index contributed by atoms with van der Waals surface area (Å²) in [6.45, 7) is -0.253. The van der Waals surface area contributed by atoms with Crippen LogP contribution in [-0.2, 0) is 4.79 Å². The largest absolute Gasteiger partial charge is 0.483 e. The standard InChI is InChI=1S/C24H16FN5O3S/c25-17-5-7-18(8-6-17)27-21(31)14-33-19-4-2-1-3-16(19)13-20-23(32)30-24(34-20)28-22(29-30)15-9-11-26-12-10-15/h1-13H,14H2,(H,27,31)/b20-13-. The highest BCUT2D eigenvalue weighted by atomic mass is 32.1. The van der Waals surface area contributed by atoms with Crippen LogP contribution in [0.1, 0.15) is 5.56 Å². The van der Waals surface area contributed by atoms with Crippen LogP contribution in [0.2, 0.25) is 0 Å². The van der Waals surface area contributed by atoms with Gasteiger partial charge in [-0.25, -0.2) is 4.39 Å². The lowest BCUT2D eigenvalue weighted by Gasteiger charge is -2.09. The van der Waals surface area contributed by atoms with E-state index in [1.807, 2.05) is 0 Å². The minimum absolute atomic E-state index is 0.253. The van der Waals surface area contributed by atoms with Crippen LogP contribution in [0.15, 0.2) is 77.9 Å². The minimum Gasteiger partial charge on any atom is -0.483 e. The quantitative estimate of drug-likeness (QED) is 0.407. The van der Waals surface area contributed by atoms with Crippen molar-refractivity contribution < 1.29 is 13.9 Å². The fourth-order valence-corrected chi connectivity index (χ4v) is 4.10. The molecule has 0 bridgehead atoms. The number of nitrogens with one attached hydrogen (secondary N) is 1. The van der Waals surface area contributed by atoms with Crippen molar-refractivity contribution in [1.29, 1.82) is 0 Å². The Morgan fingerprint density at radius 1 is 1.09 bits per heavy atom. The van der Waals surface area contributed by atoms with Gasteiger partial charge in [-0.2, -0.15) is 9.50 Å². The number of anilines is 1. The van der Waals surface area contributed by atoms with Gasteiger partial charge in [-0.3, -0.25) is 14.6 Å². The van der Waals surface area contributed by atoms with Gasteiger partial charge in [-0.05, 0) is 48.5 Å². The first-order valence-corrected chi connectivity index (χ1v) is 11.0. The molecule has 0 aliphatic rings. The van der Waals surface area contributed by atoms with Gasteiger partial charge in [0.2, 0.25) is 4.96 Å². The molecule has 0 unspecified atom stereocenters. The van der Waals surface area contributed by atoms with Gasteiger partial charge in [0.15, 0.2) is 12.4 Å². The molecule has 1 amide bonds. The average molecular weight is 473 g/mol. The third-order valence-electron chi connectivity index (χ3n) is 4.81. The number of fused-ring (bicyclic) bond motifs is 1. The Bertz CT molecular complexity index is 1580. The molecule has 0 aliphatic carbocycles.